The summed E-state index contributed by atoms with van der Waals surface area (Å²) in [7, 11) is 0. The number of nitrogens with one attached hydrogen (secondary N) is 1. The topological polar surface area (TPSA) is 46.2 Å². The fourth-order valence-electron chi connectivity index (χ4n) is 2.78. The molecule has 0 radical (unpaired) electrons. The smallest absolute Gasteiger partial charge is 0.224 e. The molecule has 1 N–H and O–H groups in total. The van der Waals surface area contributed by atoms with Crippen LogP contribution in [0, 0.1) is 5.92 Å². The Bertz CT molecular complexity index is 639. The number of hydrogen-bond acceptors (Lipinski definition) is 2. The van der Waals surface area contributed by atoms with E-state index in [2.05, 4.69) is 17.4 Å². The fourth-order valence-corrected chi connectivity index (χ4v) is 2.78. The Morgan fingerprint density at radius 2 is 1.48 bits per heavy atom. The highest BCUT2D eigenvalue weighted by molar-refractivity contribution is 5.99. The van der Waals surface area contributed by atoms with Gasteiger partial charge in [0.15, 0.2) is 5.78 Å². The molecule has 0 bridgehead atoms. The number of hydrogen-bond donors (Lipinski definition) is 1. The SMILES string of the molecule is O=C(CNC(=O)C1Cc2ccccc2C1)c1ccccc1. The predicted molar refractivity (Wildman–Crippen MR) is 81.1 cm³/mol. The predicted octanol–water partition coefficient (Wildman–Crippen LogP) is 2.40. The maximum atomic E-state index is 12.2. The standard InChI is InChI=1S/C18H17NO2/c20-17(13-6-2-1-3-7-13)12-19-18(21)16-10-14-8-4-5-9-15(14)11-16/h1-9,16H,10-12H2,(H,19,21). The minimum absolute atomic E-state index is 0.0320. The van der Waals surface area contributed by atoms with Gasteiger partial charge in [0.25, 0.3) is 0 Å². The lowest BCUT2D eigenvalue weighted by molar-refractivity contribution is -0.124. The van der Waals surface area contributed by atoms with E-state index in [1.165, 1.54) is 11.1 Å². The molecule has 1 amide bonds. The van der Waals surface area contributed by atoms with Gasteiger partial charge < -0.3 is 5.32 Å². The molecule has 2 aromatic rings. The number of carbonyl (C=O) groups excluding carboxylic acids is 2. The lowest BCUT2D eigenvalue weighted by atomic mass is 10.1. The van der Waals surface area contributed by atoms with E-state index in [9.17, 15) is 9.59 Å². The highest BCUT2D eigenvalue weighted by Gasteiger charge is 2.27. The summed E-state index contributed by atoms with van der Waals surface area (Å²) in [4.78, 5) is 24.2. The van der Waals surface area contributed by atoms with Gasteiger partial charge >= 0.3 is 0 Å². The molecule has 0 saturated heterocycles. The third kappa shape index (κ3) is 3.02. The molecule has 106 valence electrons. The van der Waals surface area contributed by atoms with Crippen LogP contribution in [0.2, 0.25) is 0 Å². The van der Waals surface area contributed by atoms with Crippen molar-refractivity contribution in [1.82, 2.24) is 5.32 Å². The van der Waals surface area contributed by atoms with Crippen molar-refractivity contribution in [1.29, 1.82) is 0 Å². The molecule has 3 rings (SSSR count). The molecule has 0 heterocycles. The zero-order valence-corrected chi connectivity index (χ0v) is 11.7. The van der Waals surface area contributed by atoms with Gasteiger partial charge in [0.2, 0.25) is 5.91 Å². The number of rotatable bonds is 4. The highest BCUT2D eigenvalue weighted by atomic mass is 16.2. The fraction of sp³-hybridized carbons (Fsp3) is 0.222. The molecule has 0 spiro atoms. The van der Waals surface area contributed by atoms with Crippen molar-refractivity contribution in [3.8, 4) is 0 Å². The number of ketones is 1. The molecule has 0 fully saturated rings. The second-order valence-corrected chi connectivity index (χ2v) is 5.38. The number of carbonyl (C=O) groups is 2. The largest absolute Gasteiger partial charge is 0.348 e. The minimum atomic E-state index is -0.0561. The molecule has 21 heavy (non-hydrogen) atoms. The van der Waals surface area contributed by atoms with Crippen LogP contribution in [0.25, 0.3) is 0 Å². The summed E-state index contributed by atoms with van der Waals surface area (Å²) >= 11 is 0. The maximum absolute atomic E-state index is 12.2. The summed E-state index contributed by atoms with van der Waals surface area (Å²) in [5.74, 6) is -0.138. The Morgan fingerprint density at radius 1 is 0.905 bits per heavy atom. The summed E-state index contributed by atoms with van der Waals surface area (Å²) < 4.78 is 0. The second-order valence-electron chi connectivity index (χ2n) is 5.38. The van der Waals surface area contributed by atoms with Crippen molar-refractivity contribution in [2.75, 3.05) is 6.54 Å². The maximum Gasteiger partial charge on any atom is 0.224 e. The van der Waals surface area contributed by atoms with Crippen LogP contribution in [-0.2, 0) is 17.6 Å². The van der Waals surface area contributed by atoms with Crippen LogP contribution in [0.15, 0.2) is 54.6 Å². The van der Waals surface area contributed by atoms with E-state index in [0.29, 0.717) is 5.56 Å². The molecule has 2 aromatic carbocycles. The molecule has 0 unspecified atom stereocenters. The van der Waals surface area contributed by atoms with Gasteiger partial charge in [-0.15, -0.1) is 0 Å². The van der Waals surface area contributed by atoms with Crippen molar-refractivity contribution in [2.45, 2.75) is 12.8 Å². The van der Waals surface area contributed by atoms with Crippen LogP contribution in [0.3, 0.4) is 0 Å². The van der Waals surface area contributed by atoms with Crippen molar-refractivity contribution in [3.63, 3.8) is 0 Å². The zero-order chi connectivity index (χ0) is 14.7. The van der Waals surface area contributed by atoms with Crippen molar-refractivity contribution in [2.24, 2.45) is 5.92 Å². The summed E-state index contributed by atoms with van der Waals surface area (Å²) in [6, 6.07) is 17.2. The van der Waals surface area contributed by atoms with Crippen LogP contribution in [0.4, 0.5) is 0 Å². The van der Waals surface area contributed by atoms with Crippen molar-refractivity contribution >= 4 is 11.7 Å². The molecule has 0 aromatic heterocycles. The molecule has 0 saturated carbocycles. The van der Waals surface area contributed by atoms with Crippen molar-refractivity contribution in [3.05, 3.63) is 71.3 Å². The first-order valence-electron chi connectivity index (χ1n) is 7.17. The van der Waals surface area contributed by atoms with Gasteiger partial charge in [-0.1, -0.05) is 54.6 Å². The number of amides is 1. The average Bonchev–Trinajstić information content (AvgIpc) is 2.97. The monoisotopic (exact) mass is 279 g/mol. The first-order chi connectivity index (χ1) is 10.2. The van der Waals surface area contributed by atoms with E-state index < -0.39 is 0 Å². The molecule has 1 aliphatic rings. The van der Waals surface area contributed by atoms with E-state index in [1.54, 1.807) is 12.1 Å². The third-order valence-electron chi connectivity index (χ3n) is 3.94. The lowest BCUT2D eigenvalue weighted by Crippen LogP contribution is -2.35. The minimum Gasteiger partial charge on any atom is -0.348 e. The third-order valence-corrected chi connectivity index (χ3v) is 3.94. The van der Waals surface area contributed by atoms with Gasteiger partial charge in [-0.2, -0.15) is 0 Å². The molecular formula is C18H17NO2. The van der Waals surface area contributed by atoms with Crippen LogP contribution >= 0.6 is 0 Å². The number of Topliss-reactive ketones (excluding diaryl/α,β-unsaturated/α-hetero) is 1. The van der Waals surface area contributed by atoms with Crippen LogP contribution in [-0.4, -0.2) is 18.2 Å². The van der Waals surface area contributed by atoms with E-state index in [-0.39, 0.29) is 24.2 Å². The molecule has 0 atom stereocenters. The van der Waals surface area contributed by atoms with Crippen LogP contribution in [0.1, 0.15) is 21.5 Å². The highest BCUT2D eigenvalue weighted by Crippen LogP contribution is 2.26. The first kappa shape index (κ1) is 13.6. The van der Waals surface area contributed by atoms with E-state index in [0.717, 1.165) is 12.8 Å². The lowest BCUT2D eigenvalue weighted by Gasteiger charge is -2.09. The number of benzene rings is 2. The molecule has 3 heteroatoms. The van der Waals surface area contributed by atoms with Crippen molar-refractivity contribution < 1.29 is 9.59 Å². The summed E-state index contributed by atoms with van der Waals surface area (Å²) in [6.45, 7) is 0.0652. The van der Waals surface area contributed by atoms with Gasteiger partial charge in [0.1, 0.15) is 0 Å². The van der Waals surface area contributed by atoms with Gasteiger partial charge in [-0.3, -0.25) is 9.59 Å². The zero-order valence-electron chi connectivity index (χ0n) is 11.7. The van der Waals surface area contributed by atoms with Crippen LogP contribution < -0.4 is 5.32 Å². The molecule has 3 nitrogen and oxygen atoms in total. The quantitative estimate of drug-likeness (QED) is 0.874. The molecule has 0 aliphatic heterocycles. The number of fused-ring (bicyclic) bond motifs is 1. The van der Waals surface area contributed by atoms with Gasteiger partial charge in [-0.25, -0.2) is 0 Å². The summed E-state index contributed by atoms with van der Waals surface area (Å²) in [5.41, 5.74) is 3.12. The van der Waals surface area contributed by atoms with Crippen LogP contribution in [0.5, 0.6) is 0 Å². The first-order valence-corrected chi connectivity index (χ1v) is 7.17. The Balaban J connectivity index is 1.55. The Hall–Kier alpha value is -2.42. The second kappa shape index (κ2) is 5.92. The Morgan fingerprint density at radius 3 is 2.10 bits per heavy atom. The normalized spacial score (nSPS) is 13.7. The average molecular weight is 279 g/mol. The Kier molecular flexibility index (Phi) is 3.82. The molecule has 1 aliphatic carbocycles. The van der Waals surface area contributed by atoms with Gasteiger partial charge in [0.05, 0.1) is 6.54 Å². The van der Waals surface area contributed by atoms with Gasteiger partial charge in [-0.05, 0) is 24.0 Å². The summed E-state index contributed by atoms with van der Waals surface area (Å²) in [6.07, 6.45) is 1.53. The van der Waals surface area contributed by atoms with E-state index in [4.69, 9.17) is 0 Å². The van der Waals surface area contributed by atoms with E-state index >= 15 is 0 Å². The molecular weight excluding hydrogens is 262 g/mol. The summed E-state index contributed by atoms with van der Waals surface area (Å²) in [5, 5.41) is 2.77. The Labute approximate surface area is 124 Å². The van der Waals surface area contributed by atoms with Gasteiger partial charge in [0, 0.05) is 11.5 Å². The van der Waals surface area contributed by atoms with E-state index in [1.807, 2.05) is 30.3 Å².